The highest BCUT2D eigenvalue weighted by Crippen LogP contribution is 2.23. The Bertz CT molecular complexity index is 1160. The smallest absolute Gasteiger partial charge is 0.408 e. The number of hydrogen-bond acceptors (Lipinski definition) is 4. The van der Waals surface area contributed by atoms with Gasteiger partial charge in [-0.2, -0.15) is 0 Å². The first kappa shape index (κ1) is 18.6. The summed E-state index contributed by atoms with van der Waals surface area (Å²) in [5.74, 6) is -0.668. The summed E-state index contributed by atoms with van der Waals surface area (Å²) >= 11 is 0. The van der Waals surface area contributed by atoms with Crippen molar-refractivity contribution < 1.29 is 23.8 Å². The topological polar surface area (TPSA) is 105 Å². The van der Waals surface area contributed by atoms with Gasteiger partial charge in [0.05, 0.1) is 0 Å². The third-order valence-corrected chi connectivity index (χ3v) is 4.89. The van der Waals surface area contributed by atoms with Gasteiger partial charge in [-0.3, -0.25) is 0 Å². The molecule has 0 saturated heterocycles. The van der Waals surface area contributed by atoms with Crippen LogP contribution in [0.1, 0.15) is 18.2 Å². The second-order valence-electron chi connectivity index (χ2n) is 7.13. The molecule has 0 aliphatic carbocycles. The number of aromatic amines is 1. The molecule has 2 heterocycles. The summed E-state index contributed by atoms with van der Waals surface area (Å²) in [6.45, 7) is 1.36. The van der Waals surface area contributed by atoms with Crippen molar-refractivity contribution >= 4 is 33.9 Å². The molecule has 1 amide bonds. The normalized spacial score (nSPS) is 13.3. The van der Waals surface area contributed by atoms with Crippen molar-refractivity contribution in [2.45, 2.75) is 25.5 Å². The summed E-state index contributed by atoms with van der Waals surface area (Å²) < 4.78 is 10.8. The first-order valence-corrected chi connectivity index (χ1v) is 9.15. The van der Waals surface area contributed by atoms with E-state index in [0.29, 0.717) is 11.3 Å². The molecular weight excluding hydrogens is 374 g/mol. The third-order valence-electron chi connectivity index (χ3n) is 4.89. The summed E-state index contributed by atoms with van der Waals surface area (Å²) in [6.07, 6.45) is 1.04. The number of aliphatic carboxylic acids is 1. The number of carboxylic acid groups (broad SMARTS) is 1. The number of carbonyl (C=O) groups is 2. The Morgan fingerprint density at radius 3 is 2.72 bits per heavy atom. The maximum Gasteiger partial charge on any atom is 0.408 e. The van der Waals surface area contributed by atoms with E-state index < -0.39 is 17.6 Å². The quantitative estimate of drug-likeness (QED) is 0.454. The predicted octanol–water partition coefficient (Wildman–Crippen LogP) is 4.23. The number of fused-ring (bicyclic) bond motifs is 2. The number of carbonyl (C=O) groups excluding carboxylic acids is 1. The molecule has 0 aliphatic heterocycles. The van der Waals surface area contributed by atoms with Gasteiger partial charge in [-0.15, -0.1) is 0 Å². The van der Waals surface area contributed by atoms with Crippen molar-refractivity contribution in [2.24, 2.45) is 0 Å². The zero-order valence-electron chi connectivity index (χ0n) is 15.8. The molecule has 148 valence electrons. The fourth-order valence-electron chi connectivity index (χ4n) is 3.34. The molecule has 29 heavy (non-hydrogen) atoms. The Morgan fingerprint density at radius 2 is 1.93 bits per heavy atom. The first-order chi connectivity index (χ1) is 13.9. The van der Waals surface area contributed by atoms with E-state index in [0.717, 1.165) is 21.9 Å². The molecule has 0 fully saturated rings. The predicted molar refractivity (Wildman–Crippen MR) is 108 cm³/mol. The van der Waals surface area contributed by atoms with Gasteiger partial charge in [-0.25, -0.2) is 9.59 Å². The fraction of sp³-hybridized carbons (Fsp3) is 0.182. The Kier molecular flexibility index (Phi) is 4.72. The summed E-state index contributed by atoms with van der Waals surface area (Å²) in [5, 5.41) is 14.0. The Balaban J connectivity index is 1.45. The monoisotopic (exact) mass is 394 g/mol. The van der Waals surface area contributed by atoms with E-state index in [1.54, 1.807) is 12.3 Å². The van der Waals surface area contributed by atoms with Gasteiger partial charge >= 0.3 is 12.1 Å². The molecule has 7 nitrogen and oxygen atoms in total. The molecular formula is C22H20N2O5. The summed E-state index contributed by atoms with van der Waals surface area (Å²) in [6, 6.07) is 16.8. The van der Waals surface area contributed by atoms with Gasteiger partial charge in [-0.05, 0) is 30.7 Å². The molecule has 1 atom stereocenters. The zero-order valence-corrected chi connectivity index (χ0v) is 15.8. The van der Waals surface area contributed by atoms with Crippen LogP contribution in [0.5, 0.6) is 0 Å². The number of carboxylic acids is 1. The lowest BCUT2D eigenvalue weighted by Gasteiger charge is -2.25. The molecule has 0 spiro atoms. The molecule has 4 rings (SSSR count). The van der Waals surface area contributed by atoms with Crippen molar-refractivity contribution in [2.75, 3.05) is 0 Å². The van der Waals surface area contributed by atoms with Crippen LogP contribution in [0.4, 0.5) is 4.79 Å². The van der Waals surface area contributed by atoms with Crippen LogP contribution in [0.3, 0.4) is 0 Å². The standard InChI is InChI=1S/C22H20N2O5/c1-22(20(25)26,11-15-12-23-18-8-4-3-7-17(15)18)24-21(27)28-13-16-10-14-6-2-5-9-19(14)29-16/h2-10,12,23H,11,13H2,1H3,(H,24,27)(H,25,26)/t22-/m1/s1/i1+2. The number of hydrogen-bond donors (Lipinski definition) is 3. The van der Waals surface area contributed by atoms with Gasteiger partial charge < -0.3 is 24.6 Å². The zero-order chi connectivity index (χ0) is 20.4. The number of nitrogens with one attached hydrogen (secondary N) is 2. The van der Waals surface area contributed by atoms with Gasteiger partial charge in [0.15, 0.2) is 6.61 Å². The Labute approximate surface area is 166 Å². The number of para-hydroxylation sites is 2. The molecule has 0 unspecified atom stereocenters. The highest BCUT2D eigenvalue weighted by molar-refractivity contribution is 5.87. The SMILES string of the molecule is [14CH3][C@](Cc1c[nH]c2ccccc12)(NC(=O)OCc1cc2ccccc2o1)C(=O)O. The number of benzene rings is 2. The molecule has 3 N–H and O–H groups in total. The lowest BCUT2D eigenvalue weighted by molar-refractivity contribution is -0.143. The van der Waals surface area contributed by atoms with Gasteiger partial charge in [0.25, 0.3) is 0 Å². The van der Waals surface area contributed by atoms with Crippen LogP contribution in [0.15, 0.2) is 65.2 Å². The molecule has 0 radical (unpaired) electrons. The number of amides is 1. The third kappa shape index (κ3) is 3.80. The second kappa shape index (κ2) is 7.35. The minimum Gasteiger partial charge on any atom is -0.480 e. The van der Waals surface area contributed by atoms with Gasteiger partial charge in [0, 0.05) is 28.9 Å². The van der Waals surface area contributed by atoms with E-state index in [9.17, 15) is 14.7 Å². The summed E-state index contributed by atoms with van der Waals surface area (Å²) in [4.78, 5) is 27.3. The van der Waals surface area contributed by atoms with Crippen LogP contribution in [0.2, 0.25) is 0 Å². The van der Waals surface area contributed by atoms with Crippen LogP contribution in [-0.4, -0.2) is 27.7 Å². The first-order valence-electron chi connectivity index (χ1n) is 9.15. The number of furan rings is 1. The van der Waals surface area contributed by atoms with E-state index in [1.807, 2.05) is 48.5 Å². The maximum absolute atomic E-state index is 12.3. The van der Waals surface area contributed by atoms with E-state index in [2.05, 4.69) is 10.3 Å². The highest BCUT2D eigenvalue weighted by atomic mass is 16.6. The number of alkyl carbamates (subject to hydrolysis) is 1. The average molecular weight is 394 g/mol. The number of rotatable bonds is 6. The van der Waals surface area contributed by atoms with Crippen molar-refractivity contribution in [3.63, 3.8) is 0 Å². The molecule has 0 aliphatic rings. The fourth-order valence-corrected chi connectivity index (χ4v) is 3.34. The lowest BCUT2D eigenvalue weighted by atomic mass is 10.00. The Morgan fingerprint density at radius 1 is 1.17 bits per heavy atom. The Hall–Kier alpha value is -3.74. The van der Waals surface area contributed by atoms with Crippen molar-refractivity contribution in [3.05, 3.63) is 72.1 Å². The van der Waals surface area contributed by atoms with Crippen LogP contribution in [-0.2, 0) is 22.6 Å². The average Bonchev–Trinajstić information content (AvgIpc) is 3.30. The molecule has 7 heteroatoms. The van der Waals surface area contributed by atoms with E-state index in [-0.39, 0.29) is 13.0 Å². The van der Waals surface area contributed by atoms with E-state index in [1.165, 1.54) is 6.92 Å². The van der Waals surface area contributed by atoms with Crippen molar-refractivity contribution in [3.8, 4) is 0 Å². The number of H-pyrrole nitrogens is 1. The van der Waals surface area contributed by atoms with Crippen molar-refractivity contribution in [1.29, 1.82) is 0 Å². The van der Waals surface area contributed by atoms with Crippen LogP contribution >= 0.6 is 0 Å². The summed E-state index contributed by atoms with van der Waals surface area (Å²) in [5.41, 5.74) is 0.864. The minimum atomic E-state index is -1.53. The second-order valence-corrected chi connectivity index (χ2v) is 7.13. The molecule has 0 saturated carbocycles. The lowest BCUT2D eigenvalue weighted by Crippen LogP contribution is -2.53. The van der Waals surface area contributed by atoms with E-state index >= 15 is 0 Å². The summed E-state index contributed by atoms with van der Waals surface area (Å²) in [7, 11) is 0. The minimum absolute atomic E-state index is 0.0940. The molecule has 4 aromatic rings. The van der Waals surface area contributed by atoms with Crippen LogP contribution in [0, 0.1) is 0 Å². The largest absolute Gasteiger partial charge is 0.480 e. The maximum atomic E-state index is 12.3. The van der Waals surface area contributed by atoms with Crippen LogP contribution in [0.25, 0.3) is 21.9 Å². The van der Waals surface area contributed by atoms with E-state index in [4.69, 9.17) is 9.15 Å². The molecule has 2 aromatic heterocycles. The molecule has 0 bridgehead atoms. The van der Waals surface area contributed by atoms with Crippen LogP contribution < -0.4 is 5.32 Å². The van der Waals surface area contributed by atoms with Gasteiger partial charge in [0.1, 0.15) is 16.9 Å². The molecule has 2 aromatic carbocycles. The highest BCUT2D eigenvalue weighted by Gasteiger charge is 2.36. The number of ether oxygens (including phenoxy) is 1. The van der Waals surface area contributed by atoms with Gasteiger partial charge in [-0.1, -0.05) is 36.4 Å². The van der Waals surface area contributed by atoms with Crippen molar-refractivity contribution in [1.82, 2.24) is 10.3 Å². The van der Waals surface area contributed by atoms with Gasteiger partial charge in [0.2, 0.25) is 0 Å². The number of aromatic nitrogens is 1.